The fraction of sp³-hybridized carbons (Fsp3) is 0.273. The Morgan fingerprint density at radius 1 is 1.40 bits per heavy atom. The van der Waals surface area contributed by atoms with Crippen LogP contribution < -0.4 is 4.72 Å². The maximum absolute atomic E-state index is 13.4. The number of esters is 1. The van der Waals surface area contributed by atoms with Gasteiger partial charge in [0.05, 0.1) is 30.5 Å². The molecular formula is C11H12FNO6S. The second-order valence-electron chi connectivity index (χ2n) is 3.75. The first-order valence-corrected chi connectivity index (χ1v) is 7.00. The molecule has 0 atom stereocenters. The molecule has 110 valence electrons. The van der Waals surface area contributed by atoms with Crippen molar-refractivity contribution in [1.29, 1.82) is 0 Å². The topological polar surface area (TPSA) is 110 Å². The first-order valence-electron chi connectivity index (χ1n) is 5.35. The van der Waals surface area contributed by atoms with Crippen LogP contribution in [-0.4, -0.2) is 38.3 Å². The Hall–Kier alpha value is -2.16. The summed E-state index contributed by atoms with van der Waals surface area (Å²) < 4.78 is 42.9. The molecule has 0 saturated carbocycles. The first kappa shape index (κ1) is 15.9. The number of halogens is 1. The maximum Gasteiger partial charge on any atom is 0.338 e. The van der Waals surface area contributed by atoms with Crippen LogP contribution in [0.3, 0.4) is 0 Å². The third-order valence-corrected chi connectivity index (χ3v) is 3.56. The number of carbonyl (C=O) groups excluding carboxylic acids is 1. The summed E-state index contributed by atoms with van der Waals surface area (Å²) in [4.78, 5) is 21.4. The van der Waals surface area contributed by atoms with Gasteiger partial charge in [0.25, 0.3) is 0 Å². The van der Waals surface area contributed by atoms with Crippen molar-refractivity contribution in [3.8, 4) is 0 Å². The van der Waals surface area contributed by atoms with Crippen LogP contribution >= 0.6 is 0 Å². The summed E-state index contributed by atoms with van der Waals surface area (Å²) in [6, 6.07) is 2.80. The zero-order chi connectivity index (χ0) is 15.3. The molecule has 2 N–H and O–H groups in total. The van der Waals surface area contributed by atoms with Gasteiger partial charge in [0.1, 0.15) is 5.82 Å². The number of hydrogen-bond donors (Lipinski definition) is 2. The van der Waals surface area contributed by atoms with Crippen LogP contribution in [-0.2, 0) is 19.6 Å². The number of aromatic carboxylic acids is 1. The van der Waals surface area contributed by atoms with Crippen molar-refractivity contribution in [3.05, 3.63) is 29.6 Å². The molecule has 1 aromatic carbocycles. The zero-order valence-corrected chi connectivity index (χ0v) is 11.2. The van der Waals surface area contributed by atoms with Crippen molar-refractivity contribution in [2.75, 3.05) is 17.6 Å². The molecule has 0 heterocycles. The molecule has 0 aliphatic carbocycles. The highest BCUT2D eigenvalue weighted by molar-refractivity contribution is 7.92. The van der Waals surface area contributed by atoms with E-state index in [1.807, 2.05) is 4.72 Å². The lowest BCUT2D eigenvalue weighted by Gasteiger charge is -2.08. The molecule has 0 saturated heterocycles. The Balaban J connectivity index is 2.80. The van der Waals surface area contributed by atoms with E-state index in [0.717, 1.165) is 25.3 Å². The molecule has 0 bridgehead atoms. The molecule has 0 unspecified atom stereocenters. The SMILES string of the molecule is COC(=O)CCS(=O)(=O)Nc1ccc(C(=O)O)c(F)c1. The van der Waals surface area contributed by atoms with E-state index in [-0.39, 0.29) is 12.1 Å². The lowest BCUT2D eigenvalue weighted by Crippen LogP contribution is -2.19. The monoisotopic (exact) mass is 305 g/mol. The predicted octanol–water partition coefficient (Wildman–Crippen LogP) is 0.829. The predicted molar refractivity (Wildman–Crippen MR) is 67.4 cm³/mol. The molecule has 0 aromatic heterocycles. The lowest BCUT2D eigenvalue weighted by molar-refractivity contribution is -0.140. The van der Waals surface area contributed by atoms with Crippen molar-refractivity contribution >= 4 is 27.6 Å². The molecule has 7 nitrogen and oxygen atoms in total. The summed E-state index contributed by atoms with van der Waals surface area (Å²) in [7, 11) is -2.73. The van der Waals surface area contributed by atoms with Gasteiger partial charge in [-0.3, -0.25) is 9.52 Å². The van der Waals surface area contributed by atoms with E-state index in [0.29, 0.717) is 0 Å². The Labute approximate surface area is 114 Å². The summed E-state index contributed by atoms with van der Waals surface area (Å²) in [5.41, 5.74) is -0.695. The molecule has 20 heavy (non-hydrogen) atoms. The third-order valence-electron chi connectivity index (χ3n) is 2.28. The average Bonchev–Trinajstić information content (AvgIpc) is 2.35. The quantitative estimate of drug-likeness (QED) is 0.753. The number of methoxy groups -OCH3 is 1. The van der Waals surface area contributed by atoms with E-state index < -0.39 is 39.1 Å². The van der Waals surface area contributed by atoms with Gasteiger partial charge in [-0.1, -0.05) is 0 Å². The number of nitrogens with one attached hydrogen (secondary N) is 1. The van der Waals surface area contributed by atoms with Crippen molar-refractivity contribution in [2.24, 2.45) is 0 Å². The van der Waals surface area contributed by atoms with Gasteiger partial charge in [0.15, 0.2) is 0 Å². The van der Waals surface area contributed by atoms with Gasteiger partial charge < -0.3 is 9.84 Å². The van der Waals surface area contributed by atoms with Crippen LogP contribution in [0.15, 0.2) is 18.2 Å². The van der Waals surface area contributed by atoms with E-state index in [4.69, 9.17) is 5.11 Å². The van der Waals surface area contributed by atoms with Crippen LogP contribution in [0.5, 0.6) is 0 Å². The second kappa shape index (κ2) is 6.33. The third kappa shape index (κ3) is 4.50. The summed E-state index contributed by atoms with van der Waals surface area (Å²) in [5.74, 6) is -3.74. The number of anilines is 1. The number of sulfonamides is 1. The number of carbonyl (C=O) groups is 2. The Bertz CT molecular complexity index is 628. The van der Waals surface area contributed by atoms with Gasteiger partial charge in [-0.15, -0.1) is 0 Å². The van der Waals surface area contributed by atoms with Crippen molar-refractivity contribution in [2.45, 2.75) is 6.42 Å². The number of carboxylic acids is 1. The molecule has 0 radical (unpaired) electrons. The van der Waals surface area contributed by atoms with Gasteiger partial charge >= 0.3 is 11.9 Å². The lowest BCUT2D eigenvalue weighted by atomic mass is 10.2. The minimum atomic E-state index is -3.85. The van der Waals surface area contributed by atoms with Crippen LogP contribution in [0.25, 0.3) is 0 Å². The summed E-state index contributed by atoms with van der Waals surface area (Å²) in [6.45, 7) is 0. The second-order valence-corrected chi connectivity index (χ2v) is 5.59. The zero-order valence-electron chi connectivity index (χ0n) is 10.4. The molecule has 0 aliphatic rings. The van der Waals surface area contributed by atoms with Crippen LogP contribution in [0.4, 0.5) is 10.1 Å². The Morgan fingerprint density at radius 2 is 2.05 bits per heavy atom. The number of rotatable bonds is 6. The van der Waals surface area contributed by atoms with E-state index >= 15 is 0 Å². The van der Waals surface area contributed by atoms with Gasteiger partial charge in [-0.2, -0.15) is 0 Å². The minimum Gasteiger partial charge on any atom is -0.478 e. The molecular weight excluding hydrogens is 293 g/mol. The van der Waals surface area contributed by atoms with Crippen molar-refractivity contribution in [1.82, 2.24) is 0 Å². The van der Waals surface area contributed by atoms with E-state index in [9.17, 15) is 22.4 Å². The molecule has 0 amide bonds. The number of hydrogen-bond acceptors (Lipinski definition) is 5. The van der Waals surface area contributed by atoms with Crippen LogP contribution in [0.2, 0.25) is 0 Å². The van der Waals surface area contributed by atoms with Crippen molar-refractivity contribution < 1.29 is 32.2 Å². The normalized spacial score (nSPS) is 10.9. The van der Waals surface area contributed by atoms with Crippen molar-refractivity contribution in [3.63, 3.8) is 0 Å². The molecule has 1 rings (SSSR count). The number of benzene rings is 1. The molecule has 1 aromatic rings. The van der Waals surface area contributed by atoms with Crippen LogP contribution in [0.1, 0.15) is 16.8 Å². The Kier molecular flexibility index (Phi) is 5.03. The highest BCUT2D eigenvalue weighted by Gasteiger charge is 2.16. The molecule has 0 fully saturated rings. The fourth-order valence-corrected chi connectivity index (χ4v) is 2.33. The highest BCUT2D eigenvalue weighted by atomic mass is 32.2. The van der Waals surface area contributed by atoms with Gasteiger partial charge in [0.2, 0.25) is 10.0 Å². The highest BCUT2D eigenvalue weighted by Crippen LogP contribution is 2.16. The molecule has 0 spiro atoms. The van der Waals surface area contributed by atoms with Gasteiger partial charge in [0, 0.05) is 0 Å². The summed E-state index contributed by atoms with van der Waals surface area (Å²) in [6.07, 6.45) is -0.346. The van der Waals surface area contributed by atoms with E-state index in [1.54, 1.807) is 0 Å². The van der Waals surface area contributed by atoms with Gasteiger partial charge in [-0.05, 0) is 18.2 Å². The number of ether oxygens (including phenoxy) is 1. The van der Waals surface area contributed by atoms with E-state index in [2.05, 4.69) is 4.74 Å². The first-order chi connectivity index (χ1) is 9.25. The molecule has 9 heteroatoms. The average molecular weight is 305 g/mol. The fourth-order valence-electron chi connectivity index (χ4n) is 1.30. The Morgan fingerprint density at radius 3 is 2.55 bits per heavy atom. The smallest absolute Gasteiger partial charge is 0.338 e. The minimum absolute atomic E-state index is 0.127. The standard InChI is InChI=1S/C11H12FNO6S/c1-19-10(14)4-5-20(17,18)13-7-2-3-8(11(15)16)9(12)6-7/h2-3,6,13H,4-5H2,1H3,(H,15,16). The van der Waals surface area contributed by atoms with Crippen LogP contribution in [0, 0.1) is 5.82 Å². The summed E-state index contributed by atoms with van der Waals surface area (Å²) >= 11 is 0. The van der Waals surface area contributed by atoms with Gasteiger partial charge in [-0.25, -0.2) is 17.6 Å². The maximum atomic E-state index is 13.4. The number of carboxylic acid groups (broad SMARTS) is 1. The largest absolute Gasteiger partial charge is 0.478 e. The molecule has 0 aliphatic heterocycles. The summed E-state index contributed by atoms with van der Waals surface area (Å²) in [5, 5.41) is 8.63. The van der Waals surface area contributed by atoms with E-state index in [1.165, 1.54) is 0 Å².